The van der Waals surface area contributed by atoms with E-state index in [0.29, 0.717) is 0 Å². The van der Waals surface area contributed by atoms with Crippen molar-refractivity contribution < 1.29 is 13.6 Å². The molecular weight excluding hydrogens is 169 g/mol. The van der Waals surface area contributed by atoms with Crippen LogP contribution < -0.4 is 0 Å². The van der Waals surface area contributed by atoms with Crippen LogP contribution in [0.5, 0.6) is 0 Å². The number of hydrogen-bond donors (Lipinski definition) is 0. The largest absolute Gasteiger partial charge is 0.295 e. The second-order valence-corrected chi connectivity index (χ2v) is 3.40. The molecule has 0 saturated heterocycles. The SMILES string of the molecule is O=C(P)CC1C=CC(F)(F)C1. The van der Waals surface area contributed by atoms with Crippen molar-refractivity contribution in [3.05, 3.63) is 12.2 Å². The molecule has 0 saturated carbocycles. The molecule has 0 spiro atoms. The predicted octanol–water partition coefficient (Wildman–Crippen LogP) is 1.99. The van der Waals surface area contributed by atoms with Gasteiger partial charge in [-0.1, -0.05) is 15.3 Å². The number of alkyl halides is 2. The van der Waals surface area contributed by atoms with Crippen LogP contribution in [0.25, 0.3) is 0 Å². The molecule has 0 aromatic rings. The van der Waals surface area contributed by atoms with E-state index in [1.807, 2.05) is 9.24 Å². The molecule has 2 unspecified atom stereocenters. The van der Waals surface area contributed by atoms with Crippen molar-refractivity contribution in [1.29, 1.82) is 0 Å². The van der Waals surface area contributed by atoms with E-state index < -0.39 is 5.92 Å². The molecule has 11 heavy (non-hydrogen) atoms. The average molecular weight is 178 g/mol. The summed E-state index contributed by atoms with van der Waals surface area (Å²) in [5.74, 6) is -2.96. The predicted molar refractivity (Wildman–Crippen MR) is 41.5 cm³/mol. The summed E-state index contributed by atoms with van der Waals surface area (Å²) in [5.41, 5.74) is -0.114. The van der Waals surface area contributed by atoms with E-state index in [4.69, 9.17) is 0 Å². The summed E-state index contributed by atoms with van der Waals surface area (Å²) in [7, 11) is 1.99. The number of carbonyl (C=O) groups is 1. The molecule has 0 aromatic carbocycles. The zero-order chi connectivity index (χ0) is 8.48. The average Bonchev–Trinajstić information content (AvgIpc) is 2.08. The van der Waals surface area contributed by atoms with Crippen molar-refractivity contribution in [2.75, 3.05) is 0 Å². The molecule has 1 aliphatic carbocycles. The third kappa shape index (κ3) is 2.66. The van der Waals surface area contributed by atoms with Crippen LogP contribution in [0.15, 0.2) is 12.2 Å². The van der Waals surface area contributed by atoms with Gasteiger partial charge >= 0.3 is 0 Å². The Morgan fingerprint density at radius 1 is 1.73 bits per heavy atom. The van der Waals surface area contributed by atoms with E-state index in [0.717, 1.165) is 6.08 Å². The maximum Gasteiger partial charge on any atom is 0.267 e. The lowest BCUT2D eigenvalue weighted by molar-refractivity contribution is -0.111. The first-order valence-electron chi connectivity index (χ1n) is 3.35. The molecule has 1 nitrogen and oxygen atoms in total. The zero-order valence-electron chi connectivity index (χ0n) is 5.89. The second-order valence-electron chi connectivity index (χ2n) is 2.75. The lowest BCUT2D eigenvalue weighted by Crippen LogP contribution is -2.11. The standard InChI is InChI=1S/C7H9F2OP/c8-7(9)2-1-5(4-7)3-6(10)11/h1-2,5H,3-4,11H2. The summed E-state index contributed by atoms with van der Waals surface area (Å²) < 4.78 is 24.9. The van der Waals surface area contributed by atoms with Crippen LogP contribution in [-0.2, 0) is 4.79 Å². The molecule has 0 fully saturated rings. The Hall–Kier alpha value is -0.300. The third-order valence-corrected chi connectivity index (χ3v) is 1.85. The second kappa shape index (κ2) is 2.98. The molecule has 1 rings (SSSR count). The first kappa shape index (κ1) is 8.79. The molecular formula is C7H9F2OP. The van der Waals surface area contributed by atoms with Crippen LogP contribution in [0.4, 0.5) is 8.78 Å². The Morgan fingerprint density at radius 2 is 2.36 bits per heavy atom. The van der Waals surface area contributed by atoms with Gasteiger partial charge in [-0.2, -0.15) is 0 Å². The van der Waals surface area contributed by atoms with Gasteiger partial charge in [0, 0.05) is 12.8 Å². The molecule has 0 heterocycles. The summed E-state index contributed by atoms with van der Waals surface area (Å²) in [4.78, 5) is 10.5. The van der Waals surface area contributed by atoms with E-state index in [2.05, 4.69) is 0 Å². The summed E-state index contributed by atoms with van der Waals surface area (Å²) in [6.07, 6.45) is 2.29. The topological polar surface area (TPSA) is 17.1 Å². The van der Waals surface area contributed by atoms with Crippen molar-refractivity contribution >= 4 is 14.8 Å². The normalized spacial score (nSPS) is 27.4. The van der Waals surface area contributed by atoms with E-state index in [1.54, 1.807) is 0 Å². The molecule has 0 bridgehead atoms. The van der Waals surface area contributed by atoms with Crippen molar-refractivity contribution in [2.24, 2.45) is 5.92 Å². The van der Waals surface area contributed by atoms with Gasteiger partial charge in [-0.05, 0) is 12.0 Å². The Bertz CT molecular complexity index is 201. The summed E-state index contributed by atoms with van der Waals surface area (Å²) in [5, 5.41) is 0. The van der Waals surface area contributed by atoms with Crippen molar-refractivity contribution in [3.8, 4) is 0 Å². The Labute approximate surface area is 66.1 Å². The maximum atomic E-state index is 12.4. The highest BCUT2D eigenvalue weighted by Gasteiger charge is 2.34. The highest BCUT2D eigenvalue weighted by molar-refractivity contribution is 7.40. The molecule has 0 amide bonds. The van der Waals surface area contributed by atoms with Gasteiger partial charge < -0.3 is 0 Å². The van der Waals surface area contributed by atoms with E-state index in [1.165, 1.54) is 6.08 Å². The van der Waals surface area contributed by atoms with E-state index in [-0.39, 0.29) is 24.3 Å². The van der Waals surface area contributed by atoms with E-state index in [9.17, 15) is 13.6 Å². The number of hydrogen-bond acceptors (Lipinski definition) is 1. The summed E-state index contributed by atoms with van der Waals surface area (Å²) >= 11 is 0. The highest BCUT2D eigenvalue weighted by Crippen LogP contribution is 2.34. The van der Waals surface area contributed by atoms with Gasteiger partial charge in [0.05, 0.1) is 0 Å². The summed E-state index contributed by atoms with van der Waals surface area (Å²) in [6, 6.07) is 0. The fraction of sp³-hybridized carbons (Fsp3) is 0.571. The first-order chi connectivity index (χ1) is 4.99. The number of allylic oxidation sites excluding steroid dienone is 2. The van der Waals surface area contributed by atoms with Gasteiger partial charge in [0.15, 0.2) is 0 Å². The van der Waals surface area contributed by atoms with Crippen LogP contribution in [0.2, 0.25) is 0 Å². The lowest BCUT2D eigenvalue weighted by atomic mass is 10.1. The van der Waals surface area contributed by atoms with Gasteiger partial charge in [-0.3, -0.25) is 4.79 Å². The van der Waals surface area contributed by atoms with Crippen LogP contribution in [-0.4, -0.2) is 11.4 Å². The van der Waals surface area contributed by atoms with Crippen LogP contribution in [0.1, 0.15) is 12.8 Å². The molecule has 1 aliphatic rings. The molecule has 62 valence electrons. The zero-order valence-corrected chi connectivity index (χ0v) is 7.04. The van der Waals surface area contributed by atoms with Crippen LogP contribution >= 0.6 is 9.24 Å². The molecule has 0 aliphatic heterocycles. The minimum Gasteiger partial charge on any atom is -0.295 e. The first-order valence-corrected chi connectivity index (χ1v) is 3.93. The van der Waals surface area contributed by atoms with Gasteiger partial charge in [-0.15, -0.1) is 0 Å². The number of carbonyl (C=O) groups excluding carboxylic acids is 1. The molecule has 0 radical (unpaired) electrons. The lowest BCUT2D eigenvalue weighted by Gasteiger charge is -2.08. The van der Waals surface area contributed by atoms with Crippen LogP contribution in [0, 0.1) is 5.92 Å². The quantitative estimate of drug-likeness (QED) is 0.466. The van der Waals surface area contributed by atoms with E-state index >= 15 is 0 Å². The number of rotatable bonds is 2. The number of halogens is 2. The van der Waals surface area contributed by atoms with Gasteiger partial charge in [0.1, 0.15) is 5.52 Å². The van der Waals surface area contributed by atoms with Gasteiger partial charge in [0.2, 0.25) is 0 Å². The van der Waals surface area contributed by atoms with Crippen molar-refractivity contribution in [3.63, 3.8) is 0 Å². The fourth-order valence-electron chi connectivity index (χ4n) is 1.16. The molecule has 4 heteroatoms. The highest BCUT2D eigenvalue weighted by atomic mass is 31.0. The van der Waals surface area contributed by atoms with Crippen molar-refractivity contribution in [1.82, 2.24) is 0 Å². The minimum atomic E-state index is -2.69. The Morgan fingerprint density at radius 3 is 2.73 bits per heavy atom. The third-order valence-electron chi connectivity index (χ3n) is 1.61. The summed E-state index contributed by atoms with van der Waals surface area (Å²) in [6.45, 7) is 0. The molecule has 0 N–H and O–H groups in total. The maximum absolute atomic E-state index is 12.4. The van der Waals surface area contributed by atoms with Crippen molar-refractivity contribution in [2.45, 2.75) is 18.8 Å². The molecule has 0 aromatic heterocycles. The molecule has 2 atom stereocenters. The monoisotopic (exact) mass is 178 g/mol. The smallest absolute Gasteiger partial charge is 0.267 e. The Kier molecular flexibility index (Phi) is 2.38. The van der Waals surface area contributed by atoms with Crippen LogP contribution in [0.3, 0.4) is 0 Å². The Balaban J connectivity index is 2.44. The van der Waals surface area contributed by atoms with Gasteiger partial charge in [-0.25, -0.2) is 8.78 Å². The minimum absolute atomic E-state index is 0.114. The van der Waals surface area contributed by atoms with Gasteiger partial charge in [0.25, 0.3) is 5.92 Å². The fourth-order valence-corrected chi connectivity index (χ4v) is 1.46.